The summed E-state index contributed by atoms with van der Waals surface area (Å²) in [7, 11) is 0. The van der Waals surface area contributed by atoms with Gasteiger partial charge in [0.15, 0.2) is 0 Å². The number of hydrogen-bond acceptors (Lipinski definition) is 3. The van der Waals surface area contributed by atoms with Crippen molar-refractivity contribution in [1.29, 1.82) is 0 Å². The number of fused-ring (bicyclic) bond motifs is 8. The highest BCUT2D eigenvalue weighted by Gasteiger charge is 2.48. The van der Waals surface area contributed by atoms with Crippen molar-refractivity contribution in [2.24, 2.45) is 0 Å². The Morgan fingerprint density at radius 1 is 0.547 bits per heavy atom. The topological polar surface area (TPSA) is 6.48 Å². The highest BCUT2D eigenvalue weighted by atomic mass is 32.1. The molecule has 4 heteroatoms. The molecule has 0 radical (unpaired) electrons. The third kappa shape index (κ3) is 6.39. The molecule has 2 nitrogen and oxygen atoms in total. The lowest BCUT2D eigenvalue weighted by Gasteiger charge is -2.47. The van der Waals surface area contributed by atoms with Crippen molar-refractivity contribution in [3.8, 4) is 11.1 Å². The third-order valence-electron chi connectivity index (χ3n) is 16.0. The van der Waals surface area contributed by atoms with Gasteiger partial charge in [-0.1, -0.05) is 150 Å². The van der Waals surface area contributed by atoms with Crippen LogP contribution >= 0.6 is 11.3 Å². The normalized spacial score (nSPS) is 19.5. The van der Waals surface area contributed by atoms with Gasteiger partial charge in [0.25, 0.3) is 6.71 Å². The lowest BCUT2D eigenvalue weighted by molar-refractivity contribution is 0.332. The number of rotatable bonds is 3. The van der Waals surface area contributed by atoms with E-state index in [1.807, 2.05) is 11.3 Å². The second-order valence-electron chi connectivity index (χ2n) is 23.4. The summed E-state index contributed by atoms with van der Waals surface area (Å²) < 4.78 is 1.42. The van der Waals surface area contributed by atoms with Crippen molar-refractivity contribution < 1.29 is 0 Å². The molecule has 7 aromatic rings. The van der Waals surface area contributed by atoms with Gasteiger partial charge in [-0.25, -0.2) is 0 Å². The van der Waals surface area contributed by atoms with Crippen molar-refractivity contribution in [3.63, 3.8) is 0 Å². The molecule has 0 bridgehead atoms. The Bertz CT molecular complexity index is 2990. The summed E-state index contributed by atoms with van der Waals surface area (Å²) in [6.45, 7) is 28.9. The Hall–Kier alpha value is -5.06. The van der Waals surface area contributed by atoms with E-state index in [1.165, 1.54) is 119 Å². The first-order valence-electron chi connectivity index (χ1n) is 24.1. The van der Waals surface area contributed by atoms with Gasteiger partial charge in [0.1, 0.15) is 0 Å². The molecule has 0 N–H and O–H groups in total. The van der Waals surface area contributed by atoms with E-state index < -0.39 is 0 Å². The zero-order valence-electron chi connectivity index (χ0n) is 40.3. The molecule has 11 rings (SSSR count). The number of anilines is 6. The van der Waals surface area contributed by atoms with Gasteiger partial charge in [0.05, 0.1) is 5.00 Å². The summed E-state index contributed by atoms with van der Waals surface area (Å²) in [5.41, 5.74) is 22.2. The molecule has 2 aliphatic carbocycles. The average Bonchev–Trinajstić information content (AvgIpc) is 3.63. The molecule has 0 saturated carbocycles. The van der Waals surface area contributed by atoms with Crippen molar-refractivity contribution in [2.45, 2.75) is 142 Å². The van der Waals surface area contributed by atoms with Crippen LogP contribution in [0, 0.1) is 0 Å². The summed E-state index contributed by atoms with van der Waals surface area (Å²) in [5.74, 6) is 1.12. The van der Waals surface area contributed by atoms with Gasteiger partial charge in [0.2, 0.25) is 0 Å². The first-order chi connectivity index (χ1) is 30.3. The van der Waals surface area contributed by atoms with Gasteiger partial charge in [-0.05, 0) is 174 Å². The molecule has 3 heterocycles. The molecule has 2 unspecified atom stereocenters. The smallest absolute Gasteiger partial charge is 0.254 e. The maximum absolute atomic E-state index is 2.70. The Morgan fingerprint density at radius 3 is 1.62 bits per heavy atom. The van der Waals surface area contributed by atoms with Gasteiger partial charge >= 0.3 is 0 Å². The average molecular weight is 857 g/mol. The largest absolute Gasteiger partial charge is 0.311 e. The fraction of sp³-hybridized carbons (Fsp3) is 0.367. The second-order valence-corrected chi connectivity index (χ2v) is 24.4. The monoisotopic (exact) mass is 856 g/mol. The highest BCUT2D eigenvalue weighted by Crippen LogP contribution is 2.53. The van der Waals surface area contributed by atoms with E-state index in [4.69, 9.17) is 0 Å². The Kier molecular flexibility index (Phi) is 9.25. The van der Waals surface area contributed by atoms with Crippen LogP contribution in [-0.2, 0) is 21.7 Å². The zero-order valence-corrected chi connectivity index (χ0v) is 41.1. The third-order valence-corrected chi connectivity index (χ3v) is 17.2. The number of thiophene rings is 1. The van der Waals surface area contributed by atoms with Crippen LogP contribution < -0.4 is 26.2 Å². The van der Waals surface area contributed by atoms with E-state index in [-0.39, 0.29) is 28.4 Å². The number of benzene rings is 6. The van der Waals surface area contributed by atoms with Crippen molar-refractivity contribution >= 4 is 78.0 Å². The molecule has 0 saturated heterocycles. The van der Waals surface area contributed by atoms with Gasteiger partial charge < -0.3 is 9.80 Å². The molecule has 2 atom stereocenters. The van der Waals surface area contributed by atoms with Gasteiger partial charge in [-0.3, -0.25) is 0 Å². The zero-order chi connectivity index (χ0) is 44.8. The fourth-order valence-electron chi connectivity index (χ4n) is 11.9. The van der Waals surface area contributed by atoms with Crippen LogP contribution in [-0.4, -0.2) is 6.71 Å². The van der Waals surface area contributed by atoms with Crippen LogP contribution in [0.4, 0.5) is 33.4 Å². The predicted octanol–water partition coefficient (Wildman–Crippen LogP) is 15.6. The molecule has 64 heavy (non-hydrogen) atoms. The van der Waals surface area contributed by atoms with E-state index in [1.54, 1.807) is 11.1 Å². The minimum absolute atomic E-state index is 0.0540. The molecule has 1 aromatic heterocycles. The molecule has 0 amide bonds. The van der Waals surface area contributed by atoms with E-state index in [2.05, 4.69) is 208 Å². The summed E-state index contributed by atoms with van der Waals surface area (Å²) in [6.07, 6.45) is 4.87. The lowest BCUT2D eigenvalue weighted by Crippen LogP contribution is -2.61. The first kappa shape index (κ1) is 41.6. The van der Waals surface area contributed by atoms with Crippen LogP contribution in [0.3, 0.4) is 0 Å². The first-order valence-corrected chi connectivity index (χ1v) is 25.0. The molecular formula is C60H65BN2S. The van der Waals surface area contributed by atoms with Crippen LogP contribution in [0.1, 0.15) is 154 Å². The van der Waals surface area contributed by atoms with Gasteiger partial charge in [0, 0.05) is 33.1 Å². The Morgan fingerprint density at radius 2 is 1.06 bits per heavy atom. The number of hydrogen-bond donors (Lipinski definition) is 0. The SMILES string of the molecule is CC1CCC(C)c2cc3c4c(sc3cc21)N(c1ccc(C(C)(C)C)cc1)c1cc(-c2ccccc2)cc2c1B4c1cc3c(cc1N2c1ccc(C(C)(C)C)cc1)C(C)(C)CCC3(C)C. The van der Waals surface area contributed by atoms with Gasteiger partial charge in [-0.2, -0.15) is 0 Å². The summed E-state index contributed by atoms with van der Waals surface area (Å²) >= 11 is 2.02. The Labute approximate surface area is 387 Å². The maximum Gasteiger partial charge on any atom is 0.254 e. The maximum atomic E-state index is 2.70. The van der Waals surface area contributed by atoms with Crippen LogP contribution in [0.5, 0.6) is 0 Å². The molecule has 0 fully saturated rings. The van der Waals surface area contributed by atoms with E-state index in [0.29, 0.717) is 11.8 Å². The quantitative estimate of drug-likeness (QED) is 0.163. The van der Waals surface area contributed by atoms with Crippen LogP contribution in [0.2, 0.25) is 0 Å². The Balaban J connectivity index is 1.29. The molecule has 324 valence electrons. The second kappa shape index (κ2) is 14.2. The minimum Gasteiger partial charge on any atom is -0.311 e. The fourth-order valence-corrected chi connectivity index (χ4v) is 13.2. The highest BCUT2D eigenvalue weighted by molar-refractivity contribution is 7.26. The van der Waals surface area contributed by atoms with Crippen molar-refractivity contribution in [3.05, 3.63) is 149 Å². The van der Waals surface area contributed by atoms with Gasteiger partial charge in [-0.15, -0.1) is 11.3 Å². The lowest BCUT2D eigenvalue weighted by atomic mass is 9.33. The summed E-state index contributed by atoms with van der Waals surface area (Å²) in [5, 5.41) is 2.80. The molecule has 4 aliphatic rings. The number of nitrogens with zero attached hydrogens (tertiary/aromatic N) is 2. The molecular weight excluding hydrogens is 792 g/mol. The van der Waals surface area contributed by atoms with E-state index in [0.717, 1.165) is 0 Å². The molecule has 0 spiro atoms. The summed E-state index contributed by atoms with van der Waals surface area (Å²) in [4.78, 5) is 5.32. The van der Waals surface area contributed by atoms with Crippen LogP contribution in [0.25, 0.3) is 21.2 Å². The van der Waals surface area contributed by atoms with E-state index in [9.17, 15) is 0 Å². The van der Waals surface area contributed by atoms with Crippen LogP contribution in [0.15, 0.2) is 115 Å². The predicted molar refractivity (Wildman–Crippen MR) is 280 cm³/mol. The van der Waals surface area contributed by atoms with E-state index >= 15 is 0 Å². The van der Waals surface area contributed by atoms with Crippen molar-refractivity contribution in [1.82, 2.24) is 0 Å². The minimum atomic E-state index is 0.0540. The molecule has 6 aromatic carbocycles. The van der Waals surface area contributed by atoms with Crippen molar-refractivity contribution in [2.75, 3.05) is 9.80 Å². The standard InChI is InChI=1S/C60H65BN2S/c1-36-18-19-37(2)45-33-53-46(32-44(36)45)54-56(64-53)63(43-26-22-41(23-27-43)58(6,7)8)52-31-39(38-16-14-13-15-17-38)30-51-55(52)61(54)49-34-47-48(60(11,12)29-28-59(47,9)10)35-50(49)62(51)42-24-20-40(21-25-42)57(3,4)5/h13-17,20-27,30-37H,18-19,28-29H2,1-12H3. The summed E-state index contributed by atoms with van der Waals surface area (Å²) in [6, 6.07) is 45.9. The molecule has 2 aliphatic heterocycles.